The smallest absolute Gasteiger partial charge is 0.0558 e. The van der Waals surface area contributed by atoms with E-state index in [-0.39, 0.29) is 6.61 Å². The van der Waals surface area contributed by atoms with Crippen molar-refractivity contribution in [1.82, 2.24) is 4.90 Å². The van der Waals surface area contributed by atoms with Gasteiger partial charge in [0.15, 0.2) is 0 Å². The highest BCUT2D eigenvalue weighted by Crippen LogP contribution is 2.28. The van der Waals surface area contributed by atoms with Crippen LogP contribution in [0.1, 0.15) is 37.7 Å². The molecule has 0 atom stereocenters. The molecule has 19 heavy (non-hydrogen) atoms. The number of nitrogens with zero attached hydrogens (tertiary/aromatic N) is 1. The summed E-state index contributed by atoms with van der Waals surface area (Å²) in [7, 11) is 0. The largest absolute Gasteiger partial charge is 0.398 e. The zero-order valence-electron chi connectivity index (χ0n) is 11.3. The van der Waals surface area contributed by atoms with Gasteiger partial charge in [-0.2, -0.15) is 0 Å². The Kier molecular flexibility index (Phi) is 5.67. The summed E-state index contributed by atoms with van der Waals surface area (Å²) in [6.07, 6.45) is 6.47. The number of hydrogen-bond acceptors (Lipinski definition) is 3. The first-order chi connectivity index (χ1) is 9.22. The Morgan fingerprint density at radius 2 is 2.00 bits per heavy atom. The van der Waals surface area contributed by atoms with Gasteiger partial charge in [0.05, 0.1) is 6.61 Å². The molecule has 1 aliphatic rings. The standard InChI is InChI=1S/C15H23BrN2O/c16-15-12(5-4-8-14(15)17)11-18(9-10-19)13-6-2-1-3-7-13/h4-5,8,13,19H,1-3,6-7,9-11,17H2. The third-order valence-electron chi connectivity index (χ3n) is 3.96. The second kappa shape index (κ2) is 7.27. The van der Waals surface area contributed by atoms with Gasteiger partial charge >= 0.3 is 0 Å². The first kappa shape index (κ1) is 14.8. The van der Waals surface area contributed by atoms with Crippen molar-refractivity contribution in [2.24, 2.45) is 0 Å². The van der Waals surface area contributed by atoms with Crippen molar-refractivity contribution in [2.45, 2.75) is 44.7 Å². The van der Waals surface area contributed by atoms with Crippen molar-refractivity contribution in [2.75, 3.05) is 18.9 Å². The Hall–Kier alpha value is -0.580. The highest BCUT2D eigenvalue weighted by molar-refractivity contribution is 9.10. The number of nitrogens with two attached hydrogens (primary N) is 1. The van der Waals surface area contributed by atoms with Gasteiger partial charge in [-0.15, -0.1) is 0 Å². The van der Waals surface area contributed by atoms with Gasteiger partial charge in [-0.1, -0.05) is 31.4 Å². The third-order valence-corrected chi connectivity index (χ3v) is 4.93. The fraction of sp³-hybridized carbons (Fsp3) is 0.600. The molecule has 0 heterocycles. The fourth-order valence-electron chi connectivity index (χ4n) is 2.91. The van der Waals surface area contributed by atoms with E-state index >= 15 is 0 Å². The Bertz CT molecular complexity index is 405. The van der Waals surface area contributed by atoms with Gasteiger partial charge in [0, 0.05) is 29.3 Å². The molecule has 2 rings (SSSR count). The number of aliphatic hydroxyl groups is 1. The van der Waals surface area contributed by atoms with Gasteiger partial charge in [-0.3, -0.25) is 4.90 Å². The Labute approximate surface area is 123 Å². The molecule has 1 aliphatic carbocycles. The van der Waals surface area contributed by atoms with Gasteiger partial charge in [0.2, 0.25) is 0 Å². The Balaban J connectivity index is 2.08. The van der Waals surface area contributed by atoms with E-state index in [9.17, 15) is 5.11 Å². The van der Waals surface area contributed by atoms with Gasteiger partial charge in [0.1, 0.15) is 0 Å². The van der Waals surface area contributed by atoms with Crippen LogP contribution >= 0.6 is 15.9 Å². The van der Waals surface area contributed by atoms with E-state index in [0.717, 1.165) is 23.2 Å². The maximum Gasteiger partial charge on any atom is 0.0558 e. The SMILES string of the molecule is Nc1cccc(CN(CCO)C2CCCCC2)c1Br. The highest BCUT2D eigenvalue weighted by atomic mass is 79.9. The first-order valence-corrected chi connectivity index (χ1v) is 7.89. The van der Waals surface area contributed by atoms with Crippen LogP contribution in [0.3, 0.4) is 0 Å². The predicted molar refractivity (Wildman–Crippen MR) is 82.9 cm³/mol. The first-order valence-electron chi connectivity index (χ1n) is 7.10. The molecule has 0 unspecified atom stereocenters. The summed E-state index contributed by atoms with van der Waals surface area (Å²) in [6.45, 7) is 1.82. The molecule has 0 amide bonds. The number of aliphatic hydroxyl groups excluding tert-OH is 1. The van der Waals surface area contributed by atoms with Crippen molar-refractivity contribution in [3.8, 4) is 0 Å². The normalized spacial score (nSPS) is 17.0. The summed E-state index contributed by atoms with van der Waals surface area (Å²) in [6, 6.07) is 6.61. The molecular weight excluding hydrogens is 304 g/mol. The van der Waals surface area contributed by atoms with E-state index in [0.29, 0.717) is 6.04 Å². The van der Waals surface area contributed by atoms with E-state index in [1.165, 1.54) is 37.7 Å². The lowest BCUT2D eigenvalue weighted by Crippen LogP contribution is -2.38. The van der Waals surface area contributed by atoms with Gasteiger partial charge in [0.25, 0.3) is 0 Å². The van der Waals surface area contributed by atoms with Crippen molar-refractivity contribution in [3.63, 3.8) is 0 Å². The van der Waals surface area contributed by atoms with E-state index in [1.54, 1.807) is 0 Å². The number of halogens is 1. The van der Waals surface area contributed by atoms with Gasteiger partial charge in [-0.25, -0.2) is 0 Å². The highest BCUT2D eigenvalue weighted by Gasteiger charge is 2.21. The molecule has 0 bridgehead atoms. The molecule has 1 saturated carbocycles. The summed E-state index contributed by atoms with van der Waals surface area (Å²) in [5, 5.41) is 9.29. The second-order valence-electron chi connectivity index (χ2n) is 5.31. The summed E-state index contributed by atoms with van der Waals surface area (Å²) in [4.78, 5) is 2.40. The molecule has 4 heteroatoms. The zero-order valence-corrected chi connectivity index (χ0v) is 12.9. The number of anilines is 1. The van der Waals surface area contributed by atoms with Crippen molar-refractivity contribution in [1.29, 1.82) is 0 Å². The molecule has 1 aromatic rings. The number of benzene rings is 1. The molecule has 1 aromatic carbocycles. The zero-order chi connectivity index (χ0) is 13.7. The molecule has 1 fully saturated rings. The van der Waals surface area contributed by atoms with Crippen molar-refractivity contribution < 1.29 is 5.11 Å². The molecule has 3 nitrogen and oxygen atoms in total. The average Bonchev–Trinajstić information content (AvgIpc) is 2.44. The molecule has 0 aromatic heterocycles. The minimum atomic E-state index is 0.219. The number of rotatable bonds is 5. The Morgan fingerprint density at radius 1 is 1.26 bits per heavy atom. The molecule has 3 N–H and O–H groups in total. The van der Waals surface area contributed by atoms with Crippen LogP contribution in [0.25, 0.3) is 0 Å². The molecular formula is C15H23BrN2O. The van der Waals surface area contributed by atoms with E-state index in [1.807, 2.05) is 12.1 Å². The van der Waals surface area contributed by atoms with Crippen LogP contribution in [0.4, 0.5) is 5.69 Å². The predicted octanol–water partition coefficient (Wildman–Crippen LogP) is 3.16. The summed E-state index contributed by atoms with van der Waals surface area (Å²) in [5.41, 5.74) is 7.92. The molecule has 106 valence electrons. The number of nitrogen functional groups attached to an aromatic ring is 1. The van der Waals surface area contributed by atoms with Crippen LogP contribution < -0.4 is 5.73 Å². The van der Waals surface area contributed by atoms with Crippen LogP contribution in [0.5, 0.6) is 0 Å². The van der Waals surface area contributed by atoms with Crippen molar-refractivity contribution >= 4 is 21.6 Å². The van der Waals surface area contributed by atoms with Gasteiger partial charge < -0.3 is 10.8 Å². The molecule has 0 aliphatic heterocycles. The molecule has 0 radical (unpaired) electrons. The Morgan fingerprint density at radius 3 is 2.68 bits per heavy atom. The van der Waals surface area contributed by atoms with Crippen LogP contribution in [0.15, 0.2) is 22.7 Å². The maximum atomic E-state index is 9.29. The van der Waals surface area contributed by atoms with Crippen LogP contribution in [0.2, 0.25) is 0 Å². The average molecular weight is 327 g/mol. The minimum absolute atomic E-state index is 0.219. The van der Waals surface area contributed by atoms with Gasteiger partial charge in [-0.05, 0) is 40.4 Å². The quantitative estimate of drug-likeness (QED) is 0.817. The molecule has 0 spiro atoms. The maximum absolute atomic E-state index is 9.29. The summed E-state index contributed by atoms with van der Waals surface area (Å²) in [5.74, 6) is 0. The third kappa shape index (κ3) is 3.94. The van der Waals surface area contributed by atoms with Crippen molar-refractivity contribution in [3.05, 3.63) is 28.2 Å². The topological polar surface area (TPSA) is 49.5 Å². The lowest BCUT2D eigenvalue weighted by molar-refractivity contribution is 0.117. The monoisotopic (exact) mass is 326 g/mol. The minimum Gasteiger partial charge on any atom is -0.398 e. The van der Waals surface area contributed by atoms with Crippen LogP contribution in [-0.2, 0) is 6.54 Å². The second-order valence-corrected chi connectivity index (χ2v) is 6.10. The van der Waals surface area contributed by atoms with Crippen LogP contribution in [-0.4, -0.2) is 29.2 Å². The number of hydrogen-bond donors (Lipinski definition) is 2. The lowest BCUT2D eigenvalue weighted by Gasteiger charge is -2.34. The summed E-state index contributed by atoms with van der Waals surface area (Å²) >= 11 is 3.57. The summed E-state index contributed by atoms with van der Waals surface area (Å²) < 4.78 is 0.994. The lowest BCUT2D eigenvalue weighted by atomic mass is 9.94. The molecule has 0 saturated heterocycles. The van der Waals surface area contributed by atoms with E-state index in [2.05, 4.69) is 26.9 Å². The van der Waals surface area contributed by atoms with E-state index in [4.69, 9.17) is 5.73 Å². The van der Waals surface area contributed by atoms with Crippen LogP contribution in [0, 0.1) is 0 Å². The fourth-order valence-corrected chi connectivity index (χ4v) is 3.30. The van der Waals surface area contributed by atoms with E-state index < -0.39 is 0 Å².